The number of piperazine rings is 1. The number of nitrogens with zero attached hydrogens (tertiary/aromatic N) is 3. The standard InChI is InChI=1S/C23H20F2N4O2/c24-17-5-3-15(12-18(17)25)14-29-21-13-16(22(30)27-10-7-26-8-11-27)4-6-19(21)28-9-1-2-20(28)23(29)31/h1-6,9,12-13,26H,7-8,10-11,14H2. The molecule has 0 bridgehead atoms. The summed E-state index contributed by atoms with van der Waals surface area (Å²) in [7, 11) is 0. The largest absolute Gasteiger partial charge is 0.336 e. The van der Waals surface area contributed by atoms with Crippen molar-refractivity contribution in [2.24, 2.45) is 0 Å². The Morgan fingerprint density at radius 2 is 1.74 bits per heavy atom. The highest BCUT2D eigenvalue weighted by atomic mass is 19.2. The van der Waals surface area contributed by atoms with Gasteiger partial charge in [-0.05, 0) is 48.0 Å². The topological polar surface area (TPSA) is 58.8 Å². The first-order valence-corrected chi connectivity index (χ1v) is 10.1. The summed E-state index contributed by atoms with van der Waals surface area (Å²) < 4.78 is 30.4. The molecule has 2 aromatic carbocycles. The lowest BCUT2D eigenvalue weighted by atomic mass is 10.1. The monoisotopic (exact) mass is 422 g/mol. The minimum atomic E-state index is -0.965. The number of hydrogen-bond donors (Lipinski definition) is 1. The summed E-state index contributed by atoms with van der Waals surface area (Å²) in [6.07, 6.45) is 1.79. The van der Waals surface area contributed by atoms with Crippen molar-refractivity contribution < 1.29 is 13.6 Å². The molecule has 1 aliphatic rings. The van der Waals surface area contributed by atoms with Crippen LogP contribution in [-0.4, -0.2) is 46.0 Å². The number of carbonyl (C=O) groups is 1. The van der Waals surface area contributed by atoms with E-state index in [1.165, 1.54) is 10.6 Å². The molecule has 0 spiro atoms. The van der Waals surface area contributed by atoms with Gasteiger partial charge >= 0.3 is 0 Å². The lowest BCUT2D eigenvalue weighted by Gasteiger charge is -2.27. The van der Waals surface area contributed by atoms with Crippen LogP contribution in [-0.2, 0) is 6.54 Å². The number of halogens is 2. The van der Waals surface area contributed by atoms with E-state index in [2.05, 4.69) is 5.32 Å². The fourth-order valence-corrected chi connectivity index (χ4v) is 4.12. The SMILES string of the molecule is O=C(c1ccc2c(c1)n(Cc1ccc(F)c(F)c1)c(=O)c1cccn12)N1CCNCC1. The van der Waals surface area contributed by atoms with E-state index in [0.29, 0.717) is 35.2 Å². The van der Waals surface area contributed by atoms with Gasteiger partial charge in [0.2, 0.25) is 0 Å². The van der Waals surface area contributed by atoms with Crippen LogP contribution in [0.1, 0.15) is 15.9 Å². The van der Waals surface area contributed by atoms with Crippen molar-refractivity contribution in [3.8, 4) is 0 Å². The van der Waals surface area contributed by atoms with Crippen LogP contribution in [0.25, 0.3) is 16.6 Å². The maximum Gasteiger partial charge on any atom is 0.275 e. The number of amides is 1. The van der Waals surface area contributed by atoms with Crippen molar-refractivity contribution in [1.29, 1.82) is 0 Å². The Kier molecular flexibility index (Phi) is 4.78. The second-order valence-electron chi connectivity index (χ2n) is 7.65. The predicted molar refractivity (Wildman–Crippen MR) is 113 cm³/mol. The number of carbonyl (C=O) groups excluding carboxylic acids is 1. The van der Waals surface area contributed by atoms with Crippen molar-refractivity contribution in [3.05, 3.63) is 87.8 Å². The number of aromatic nitrogens is 2. The van der Waals surface area contributed by atoms with Gasteiger partial charge in [0.15, 0.2) is 11.6 Å². The maximum atomic E-state index is 13.8. The lowest BCUT2D eigenvalue weighted by molar-refractivity contribution is 0.0736. The molecule has 3 heterocycles. The Balaban J connectivity index is 1.67. The number of nitrogens with one attached hydrogen (secondary N) is 1. The molecular weight excluding hydrogens is 402 g/mol. The Labute approximate surface area is 176 Å². The number of fused-ring (bicyclic) bond motifs is 3. The molecular formula is C23H20F2N4O2. The molecule has 0 saturated carbocycles. The van der Waals surface area contributed by atoms with E-state index in [0.717, 1.165) is 30.7 Å². The van der Waals surface area contributed by atoms with Crippen molar-refractivity contribution >= 4 is 22.5 Å². The second kappa shape index (κ2) is 7.63. The maximum absolute atomic E-state index is 13.8. The predicted octanol–water partition coefficient (Wildman–Crippen LogP) is 2.63. The van der Waals surface area contributed by atoms with Gasteiger partial charge in [0.25, 0.3) is 11.5 Å². The summed E-state index contributed by atoms with van der Waals surface area (Å²) in [5.74, 6) is -2.00. The molecule has 8 heteroatoms. The molecule has 5 rings (SSSR count). The lowest BCUT2D eigenvalue weighted by Crippen LogP contribution is -2.46. The van der Waals surface area contributed by atoms with Crippen LogP contribution in [0.2, 0.25) is 0 Å². The van der Waals surface area contributed by atoms with Gasteiger partial charge in [0.05, 0.1) is 17.6 Å². The fourth-order valence-electron chi connectivity index (χ4n) is 4.12. The van der Waals surface area contributed by atoms with E-state index in [9.17, 15) is 18.4 Å². The molecule has 0 atom stereocenters. The van der Waals surface area contributed by atoms with Gasteiger partial charge in [0.1, 0.15) is 5.52 Å². The van der Waals surface area contributed by atoms with Crippen LogP contribution in [0.4, 0.5) is 8.78 Å². The van der Waals surface area contributed by atoms with Gasteiger partial charge in [-0.15, -0.1) is 0 Å². The van der Waals surface area contributed by atoms with Gasteiger partial charge in [-0.25, -0.2) is 8.78 Å². The van der Waals surface area contributed by atoms with Gasteiger partial charge in [-0.2, -0.15) is 0 Å². The van der Waals surface area contributed by atoms with Crippen LogP contribution in [0.15, 0.2) is 59.5 Å². The molecule has 0 unspecified atom stereocenters. The molecule has 1 saturated heterocycles. The molecule has 1 aliphatic heterocycles. The third-order valence-electron chi connectivity index (χ3n) is 5.71. The van der Waals surface area contributed by atoms with Crippen LogP contribution in [0.3, 0.4) is 0 Å². The van der Waals surface area contributed by atoms with Crippen LogP contribution >= 0.6 is 0 Å². The third kappa shape index (κ3) is 3.38. The van der Waals surface area contributed by atoms with E-state index >= 15 is 0 Å². The molecule has 0 radical (unpaired) electrons. The zero-order chi connectivity index (χ0) is 21.5. The Morgan fingerprint density at radius 1 is 0.935 bits per heavy atom. The summed E-state index contributed by atoms with van der Waals surface area (Å²) in [6.45, 7) is 2.78. The van der Waals surface area contributed by atoms with Gasteiger partial charge in [0, 0.05) is 37.9 Å². The molecule has 0 aliphatic carbocycles. The first-order valence-electron chi connectivity index (χ1n) is 10.1. The van der Waals surface area contributed by atoms with Crippen molar-refractivity contribution in [2.75, 3.05) is 26.2 Å². The zero-order valence-electron chi connectivity index (χ0n) is 16.6. The average Bonchev–Trinajstić information content (AvgIpc) is 3.29. The molecule has 4 aromatic rings. The van der Waals surface area contributed by atoms with Gasteiger partial charge in [-0.3, -0.25) is 9.59 Å². The van der Waals surface area contributed by atoms with Crippen molar-refractivity contribution in [2.45, 2.75) is 6.54 Å². The van der Waals surface area contributed by atoms with Gasteiger partial charge in [-0.1, -0.05) is 6.07 Å². The highest BCUT2D eigenvalue weighted by molar-refractivity contribution is 5.97. The van der Waals surface area contributed by atoms with E-state index in [-0.39, 0.29) is 18.0 Å². The molecule has 1 N–H and O–H groups in total. The highest BCUT2D eigenvalue weighted by Gasteiger charge is 2.20. The van der Waals surface area contributed by atoms with Crippen molar-refractivity contribution in [1.82, 2.24) is 19.2 Å². The Hall–Kier alpha value is -3.52. The molecule has 6 nitrogen and oxygen atoms in total. The second-order valence-corrected chi connectivity index (χ2v) is 7.65. The van der Waals surface area contributed by atoms with Crippen molar-refractivity contribution in [3.63, 3.8) is 0 Å². The van der Waals surface area contributed by atoms with Crippen LogP contribution < -0.4 is 10.9 Å². The minimum absolute atomic E-state index is 0.0551. The van der Waals surface area contributed by atoms with E-state index in [1.54, 1.807) is 39.8 Å². The molecule has 2 aromatic heterocycles. The zero-order valence-corrected chi connectivity index (χ0v) is 16.6. The third-order valence-corrected chi connectivity index (χ3v) is 5.71. The quantitative estimate of drug-likeness (QED) is 0.552. The Bertz CT molecular complexity index is 1370. The summed E-state index contributed by atoms with van der Waals surface area (Å²) in [5.41, 5.74) is 2.44. The summed E-state index contributed by atoms with van der Waals surface area (Å²) in [4.78, 5) is 28.0. The van der Waals surface area contributed by atoms with Gasteiger partial charge < -0.3 is 19.2 Å². The number of hydrogen-bond acceptors (Lipinski definition) is 3. The summed E-state index contributed by atoms with van der Waals surface area (Å²) in [5, 5.41) is 3.22. The summed E-state index contributed by atoms with van der Waals surface area (Å²) >= 11 is 0. The minimum Gasteiger partial charge on any atom is -0.336 e. The first kappa shape index (κ1) is 19.4. The highest BCUT2D eigenvalue weighted by Crippen LogP contribution is 2.20. The van der Waals surface area contributed by atoms with Crippen LogP contribution in [0.5, 0.6) is 0 Å². The van der Waals surface area contributed by atoms with E-state index in [1.807, 2.05) is 6.07 Å². The van der Waals surface area contributed by atoms with E-state index < -0.39 is 11.6 Å². The van der Waals surface area contributed by atoms with E-state index in [4.69, 9.17) is 0 Å². The average molecular weight is 422 g/mol. The molecule has 31 heavy (non-hydrogen) atoms. The molecule has 1 amide bonds. The molecule has 158 valence electrons. The molecule has 1 fully saturated rings. The first-order chi connectivity index (χ1) is 15.0. The smallest absolute Gasteiger partial charge is 0.275 e. The number of benzene rings is 2. The number of rotatable bonds is 3. The summed E-state index contributed by atoms with van der Waals surface area (Å²) in [6, 6.07) is 12.4. The van der Waals surface area contributed by atoms with Crippen LogP contribution in [0, 0.1) is 11.6 Å². The normalized spacial score (nSPS) is 14.5. The fraction of sp³-hybridized carbons (Fsp3) is 0.217. The Morgan fingerprint density at radius 3 is 2.52 bits per heavy atom.